The van der Waals surface area contributed by atoms with Crippen molar-refractivity contribution in [1.29, 1.82) is 0 Å². The van der Waals surface area contributed by atoms with Crippen molar-refractivity contribution in [2.24, 2.45) is 11.8 Å². The summed E-state index contributed by atoms with van der Waals surface area (Å²) in [6, 6.07) is 4.48. The van der Waals surface area contributed by atoms with Crippen LogP contribution in [0.25, 0.3) is 6.08 Å². The van der Waals surface area contributed by atoms with Gasteiger partial charge in [-0.2, -0.15) is 0 Å². The van der Waals surface area contributed by atoms with Crippen molar-refractivity contribution in [1.82, 2.24) is 24.8 Å². The van der Waals surface area contributed by atoms with Crippen LogP contribution >= 0.6 is 11.3 Å². The predicted octanol–water partition coefficient (Wildman–Crippen LogP) is 4.98. The lowest BCUT2D eigenvalue weighted by atomic mass is 9.83. The number of rotatable bonds is 7. The average molecular weight is 761 g/mol. The molecule has 53 heavy (non-hydrogen) atoms. The van der Waals surface area contributed by atoms with Crippen LogP contribution in [0.2, 0.25) is 0 Å². The number of benzene rings is 1. The van der Waals surface area contributed by atoms with Gasteiger partial charge in [0.15, 0.2) is 5.13 Å². The molecule has 3 aliphatic heterocycles. The molecule has 282 valence electrons. The first-order valence-electron chi connectivity index (χ1n) is 19.1. The number of nitrogens with one attached hydrogen (secondary N) is 3. The summed E-state index contributed by atoms with van der Waals surface area (Å²) < 4.78 is 21.4. The molecule has 4 fully saturated rings. The molecular weight excluding hydrogens is 713 g/mol. The van der Waals surface area contributed by atoms with Gasteiger partial charge in [-0.05, 0) is 74.0 Å². The van der Waals surface area contributed by atoms with Crippen LogP contribution in [-0.2, 0) is 49.6 Å². The first-order valence-corrected chi connectivity index (χ1v) is 21.2. The number of hydrogen-bond donors (Lipinski definition) is 3. The number of carbonyl (C=O) groups is 4. The second-order valence-electron chi connectivity index (χ2n) is 15.5. The molecule has 1 saturated heterocycles. The second-order valence-corrected chi connectivity index (χ2v) is 17.8. The summed E-state index contributed by atoms with van der Waals surface area (Å²) in [5.74, 6) is -1.55. The van der Waals surface area contributed by atoms with Gasteiger partial charge in [-0.3, -0.25) is 24.0 Å². The SMILES string of the molecule is C=C[C@@H]1C[C@]1(NC(=O)[C@@H]1C[C@@H]2CN1C(=O)[C@H](C1CCCCC1)Nc1nc(cs1)CCC/C=C/c1cccc3c1CN(C3)C(=O)O2)C(=O)NS(=O)C1CC1. The summed E-state index contributed by atoms with van der Waals surface area (Å²) in [4.78, 5) is 64.6. The highest BCUT2D eigenvalue weighted by Gasteiger charge is 2.61. The van der Waals surface area contributed by atoms with Gasteiger partial charge in [-0.15, -0.1) is 17.9 Å². The van der Waals surface area contributed by atoms with E-state index in [1.54, 1.807) is 15.9 Å². The molecule has 12 nitrogen and oxygen atoms in total. The number of allylic oxidation sites excluding steroid dienone is 1. The standard InChI is InChI=1S/C39H48N6O6S2/c1-2-27-19-39(27,36(48)43-53(50)30-16-17-30)42-34(46)32-18-29-21-45(32)35(47)33(25-11-6-3-7-12-25)41-37-40-28(23-52-37)15-8-4-5-10-24-13-9-14-26-20-44(22-31(24)26)38(49)51-29/h2,5,9-10,13-14,23,25,27,29-30,32-33H,1,3-4,6-8,11-12,15-22H2,(H,40,41)(H,42,46)(H,43,48)/b10-5+/t27-,29-,32+,33+,39-,53?/m1/s1. The smallest absolute Gasteiger partial charge is 0.410 e. The van der Waals surface area contributed by atoms with Gasteiger partial charge < -0.3 is 20.3 Å². The molecule has 3 N–H and O–H groups in total. The molecule has 0 radical (unpaired) electrons. The highest BCUT2D eigenvalue weighted by atomic mass is 32.2. The molecular formula is C39H48N6O6S2. The minimum Gasteiger partial charge on any atom is -0.444 e. The second kappa shape index (κ2) is 15.0. The lowest BCUT2D eigenvalue weighted by Crippen LogP contribution is -2.57. The van der Waals surface area contributed by atoms with Gasteiger partial charge >= 0.3 is 6.09 Å². The molecule has 1 aromatic heterocycles. The summed E-state index contributed by atoms with van der Waals surface area (Å²) >= 11 is 1.48. The fourth-order valence-electron chi connectivity index (χ4n) is 8.47. The van der Waals surface area contributed by atoms with Crippen molar-refractivity contribution in [2.75, 3.05) is 11.9 Å². The number of hydrogen-bond acceptors (Lipinski definition) is 9. The Kier molecular flexibility index (Phi) is 10.2. The van der Waals surface area contributed by atoms with Crippen molar-refractivity contribution >= 4 is 57.3 Å². The van der Waals surface area contributed by atoms with E-state index in [4.69, 9.17) is 9.72 Å². The quantitative estimate of drug-likeness (QED) is 0.335. The van der Waals surface area contributed by atoms with E-state index in [-0.39, 0.29) is 36.0 Å². The van der Waals surface area contributed by atoms with Gasteiger partial charge in [-0.25, -0.2) is 14.0 Å². The largest absolute Gasteiger partial charge is 0.444 e. The summed E-state index contributed by atoms with van der Waals surface area (Å²) in [5.41, 5.74) is 2.91. The third kappa shape index (κ3) is 7.53. The Bertz CT molecular complexity index is 1840. The van der Waals surface area contributed by atoms with Crippen LogP contribution in [0.15, 0.2) is 42.3 Å². The molecule has 8 rings (SSSR count). The highest BCUT2D eigenvalue weighted by molar-refractivity contribution is 7.84. The molecule has 14 heteroatoms. The zero-order valence-corrected chi connectivity index (χ0v) is 31.6. The van der Waals surface area contributed by atoms with E-state index in [1.165, 1.54) is 11.3 Å². The van der Waals surface area contributed by atoms with E-state index in [9.17, 15) is 23.4 Å². The maximum absolute atomic E-state index is 14.9. The maximum Gasteiger partial charge on any atom is 0.410 e. The first kappa shape index (κ1) is 36.0. The number of amides is 4. The molecule has 2 aromatic rings. The fourth-order valence-corrected chi connectivity index (χ4v) is 10.3. The zero-order chi connectivity index (χ0) is 36.7. The number of fused-ring (bicyclic) bond motifs is 5. The van der Waals surface area contributed by atoms with Crippen molar-refractivity contribution in [3.05, 3.63) is 64.7 Å². The fraction of sp³-hybridized carbons (Fsp3) is 0.564. The van der Waals surface area contributed by atoms with E-state index in [1.807, 2.05) is 17.5 Å². The number of nitrogens with zero attached hydrogens (tertiary/aromatic N) is 3. The van der Waals surface area contributed by atoms with Crippen LogP contribution in [0, 0.1) is 11.8 Å². The molecule has 0 spiro atoms. The lowest BCUT2D eigenvalue weighted by molar-refractivity contribution is -0.141. The predicted molar refractivity (Wildman–Crippen MR) is 203 cm³/mol. The number of aromatic nitrogens is 1. The monoisotopic (exact) mass is 760 g/mol. The Hall–Kier alpha value is -4.04. The number of aryl methyl sites for hydroxylation is 1. The van der Waals surface area contributed by atoms with Gasteiger partial charge in [0.05, 0.1) is 24.0 Å². The Morgan fingerprint density at radius 2 is 1.94 bits per heavy atom. The summed E-state index contributed by atoms with van der Waals surface area (Å²) in [7, 11) is -1.53. The van der Waals surface area contributed by atoms with Crippen LogP contribution in [0.5, 0.6) is 0 Å². The van der Waals surface area contributed by atoms with Crippen LogP contribution in [0.3, 0.4) is 0 Å². The molecule has 1 unspecified atom stereocenters. The van der Waals surface area contributed by atoms with Crippen LogP contribution < -0.4 is 15.4 Å². The maximum atomic E-state index is 14.9. The van der Waals surface area contributed by atoms with Gasteiger partial charge in [0, 0.05) is 24.3 Å². The Morgan fingerprint density at radius 1 is 1.11 bits per heavy atom. The number of carbonyl (C=O) groups excluding carboxylic acids is 4. The summed E-state index contributed by atoms with van der Waals surface area (Å²) in [6.45, 7) is 4.73. The molecule has 6 aliphatic rings. The van der Waals surface area contributed by atoms with E-state index in [0.717, 1.165) is 86.6 Å². The Labute approximate surface area is 316 Å². The van der Waals surface area contributed by atoms with Crippen molar-refractivity contribution in [3.63, 3.8) is 0 Å². The normalized spacial score (nSPS) is 30.1. The highest BCUT2D eigenvalue weighted by Crippen LogP contribution is 2.45. The topological polar surface area (TPSA) is 150 Å². The van der Waals surface area contributed by atoms with E-state index in [0.29, 0.717) is 24.6 Å². The van der Waals surface area contributed by atoms with Gasteiger partial charge in [0.25, 0.3) is 5.91 Å². The van der Waals surface area contributed by atoms with Gasteiger partial charge in [0.2, 0.25) is 11.8 Å². The summed E-state index contributed by atoms with van der Waals surface area (Å²) in [6.07, 6.45) is 14.2. The van der Waals surface area contributed by atoms with Crippen LogP contribution in [0.4, 0.5) is 9.93 Å². The minimum absolute atomic E-state index is 0.0392. The van der Waals surface area contributed by atoms with E-state index < -0.39 is 52.6 Å². The molecule has 3 aliphatic carbocycles. The molecule has 4 amide bonds. The molecule has 3 saturated carbocycles. The lowest BCUT2D eigenvalue weighted by Gasteiger charge is -2.34. The third-order valence-electron chi connectivity index (χ3n) is 11.8. The summed E-state index contributed by atoms with van der Waals surface area (Å²) in [5, 5.41) is 9.11. The Balaban J connectivity index is 1.09. The van der Waals surface area contributed by atoms with Crippen molar-refractivity contribution in [3.8, 4) is 0 Å². The van der Waals surface area contributed by atoms with Gasteiger partial charge in [-0.1, -0.05) is 55.7 Å². The van der Waals surface area contributed by atoms with E-state index >= 15 is 0 Å². The molecule has 4 heterocycles. The molecule has 6 atom stereocenters. The third-order valence-corrected chi connectivity index (χ3v) is 14.1. The van der Waals surface area contributed by atoms with Crippen molar-refractivity contribution in [2.45, 2.75) is 119 Å². The van der Waals surface area contributed by atoms with Crippen LogP contribution in [-0.4, -0.2) is 78.3 Å². The molecule has 1 aromatic carbocycles. The number of ether oxygens (including phenoxy) is 1. The van der Waals surface area contributed by atoms with Crippen LogP contribution in [0.1, 0.15) is 93.0 Å². The van der Waals surface area contributed by atoms with E-state index in [2.05, 4.69) is 40.2 Å². The number of thiazole rings is 1. The molecule has 6 bridgehead atoms. The number of anilines is 1. The minimum atomic E-state index is -1.53. The average Bonchev–Trinajstić information content (AvgIpc) is 3.97. The van der Waals surface area contributed by atoms with Crippen molar-refractivity contribution < 1.29 is 28.1 Å². The Morgan fingerprint density at radius 3 is 2.72 bits per heavy atom. The first-order chi connectivity index (χ1) is 25.7. The zero-order valence-electron chi connectivity index (χ0n) is 29.9. The van der Waals surface area contributed by atoms with Gasteiger partial charge in [0.1, 0.15) is 34.7 Å².